The second kappa shape index (κ2) is 6.54. The maximum Gasteiger partial charge on any atom is 0.263 e. The van der Waals surface area contributed by atoms with Crippen LogP contribution < -0.4 is 15.6 Å². The van der Waals surface area contributed by atoms with Crippen molar-refractivity contribution in [2.24, 2.45) is 0 Å². The molecule has 3 heterocycles. The first-order valence-corrected chi connectivity index (χ1v) is 8.19. The predicted molar refractivity (Wildman–Crippen MR) is 95.9 cm³/mol. The Morgan fingerprint density at radius 3 is 2.88 bits per heavy atom. The number of nitrogens with zero attached hydrogens (tertiary/aromatic N) is 4. The zero-order chi connectivity index (χ0) is 18.0. The summed E-state index contributed by atoms with van der Waals surface area (Å²) in [6, 6.07) is 3.76. The van der Waals surface area contributed by atoms with E-state index >= 15 is 0 Å². The van der Waals surface area contributed by atoms with Crippen molar-refractivity contribution >= 4 is 17.0 Å². The van der Waals surface area contributed by atoms with Gasteiger partial charge in [0.1, 0.15) is 5.39 Å². The molecule has 0 unspecified atom stereocenters. The fourth-order valence-electron chi connectivity index (χ4n) is 2.50. The molecule has 0 aliphatic heterocycles. The van der Waals surface area contributed by atoms with Crippen LogP contribution in [-0.2, 0) is 12.1 Å². The Labute approximate surface area is 145 Å². The average molecular weight is 342 g/mol. The smallest absolute Gasteiger partial charge is 0.263 e. The minimum absolute atomic E-state index is 0.223. The van der Waals surface area contributed by atoms with Crippen molar-refractivity contribution in [3.8, 4) is 5.88 Å². The third-order valence-corrected chi connectivity index (χ3v) is 3.65. The van der Waals surface area contributed by atoms with E-state index in [0.717, 1.165) is 5.56 Å². The van der Waals surface area contributed by atoms with Crippen LogP contribution in [0.1, 0.15) is 33.3 Å². The molecule has 0 fully saturated rings. The summed E-state index contributed by atoms with van der Waals surface area (Å²) in [5, 5.41) is 7.90. The summed E-state index contributed by atoms with van der Waals surface area (Å²) in [5.41, 5.74) is 0.941. The summed E-state index contributed by atoms with van der Waals surface area (Å²) in [4.78, 5) is 23.8. The fourth-order valence-corrected chi connectivity index (χ4v) is 2.50. The van der Waals surface area contributed by atoms with E-state index in [0.29, 0.717) is 36.0 Å². The van der Waals surface area contributed by atoms with E-state index in [1.807, 2.05) is 39.8 Å². The number of aromatic amines is 1. The van der Waals surface area contributed by atoms with E-state index in [1.54, 1.807) is 17.1 Å². The van der Waals surface area contributed by atoms with E-state index in [2.05, 4.69) is 25.4 Å². The highest BCUT2D eigenvalue weighted by molar-refractivity contribution is 5.74. The first-order valence-electron chi connectivity index (χ1n) is 8.19. The van der Waals surface area contributed by atoms with Crippen LogP contribution in [0.5, 0.6) is 5.88 Å². The van der Waals surface area contributed by atoms with Gasteiger partial charge in [0.05, 0.1) is 18.3 Å². The molecule has 3 rings (SSSR count). The van der Waals surface area contributed by atoms with Crippen molar-refractivity contribution < 1.29 is 4.74 Å². The standard InChI is InChI=1S/C17H22N6O2/c1-5-25-15-11(7-6-8-18-15)9-19-16-21-13-12(14(24)22-16)10-20-23(13)17(2,3)4/h6-8,10H,5,9H2,1-4H3,(H2,19,21,22,24). The highest BCUT2D eigenvalue weighted by Gasteiger charge is 2.19. The molecule has 25 heavy (non-hydrogen) atoms. The highest BCUT2D eigenvalue weighted by Crippen LogP contribution is 2.19. The summed E-state index contributed by atoms with van der Waals surface area (Å²) in [5.74, 6) is 0.954. The number of fused-ring (bicyclic) bond motifs is 1. The van der Waals surface area contributed by atoms with E-state index in [-0.39, 0.29) is 11.1 Å². The molecule has 0 saturated carbocycles. The molecule has 0 atom stereocenters. The first-order chi connectivity index (χ1) is 11.9. The topological polar surface area (TPSA) is 97.7 Å². The molecule has 8 heteroatoms. The van der Waals surface area contributed by atoms with Crippen LogP contribution >= 0.6 is 0 Å². The Bertz CT molecular complexity index is 938. The number of pyridine rings is 1. The van der Waals surface area contributed by atoms with E-state index < -0.39 is 0 Å². The lowest BCUT2D eigenvalue weighted by atomic mass is 10.1. The molecule has 8 nitrogen and oxygen atoms in total. The number of aromatic nitrogens is 5. The van der Waals surface area contributed by atoms with Gasteiger partial charge in [-0.1, -0.05) is 6.07 Å². The van der Waals surface area contributed by atoms with Crippen molar-refractivity contribution in [1.82, 2.24) is 24.7 Å². The van der Waals surface area contributed by atoms with Gasteiger partial charge in [0.25, 0.3) is 5.56 Å². The molecule has 0 radical (unpaired) electrons. The molecule has 3 aromatic rings. The number of ether oxygens (including phenoxy) is 1. The molecule has 0 aromatic carbocycles. The van der Waals surface area contributed by atoms with Crippen molar-refractivity contribution in [3.63, 3.8) is 0 Å². The first kappa shape index (κ1) is 16.9. The zero-order valence-corrected chi connectivity index (χ0v) is 14.8. The van der Waals surface area contributed by atoms with Gasteiger partial charge >= 0.3 is 0 Å². The predicted octanol–water partition coefficient (Wildman–Crippen LogP) is 2.28. The molecule has 0 saturated heterocycles. The largest absolute Gasteiger partial charge is 0.478 e. The summed E-state index contributed by atoms with van der Waals surface area (Å²) in [6.45, 7) is 8.92. The number of hydrogen-bond donors (Lipinski definition) is 2. The van der Waals surface area contributed by atoms with Gasteiger partial charge in [0.15, 0.2) is 5.65 Å². The zero-order valence-electron chi connectivity index (χ0n) is 14.8. The van der Waals surface area contributed by atoms with Gasteiger partial charge in [-0.25, -0.2) is 9.67 Å². The number of hydrogen-bond acceptors (Lipinski definition) is 6. The van der Waals surface area contributed by atoms with Crippen LogP contribution in [0.2, 0.25) is 0 Å². The van der Waals surface area contributed by atoms with E-state index in [9.17, 15) is 4.79 Å². The van der Waals surface area contributed by atoms with Gasteiger partial charge in [-0.15, -0.1) is 0 Å². The van der Waals surface area contributed by atoms with Gasteiger partial charge in [-0.3, -0.25) is 9.78 Å². The van der Waals surface area contributed by atoms with Crippen molar-refractivity contribution in [2.45, 2.75) is 39.8 Å². The maximum atomic E-state index is 12.3. The van der Waals surface area contributed by atoms with Crippen LogP contribution in [0, 0.1) is 0 Å². The number of rotatable bonds is 5. The molecule has 0 spiro atoms. The lowest BCUT2D eigenvalue weighted by molar-refractivity contribution is 0.323. The van der Waals surface area contributed by atoms with Crippen molar-refractivity contribution in [1.29, 1.82) is 0 Å². The minimum atomic E-state index is -0.273. The number of anilines is 1. The summed E-state index contributed by atoms with van der Waals surface area (Å²) < 4.78 is 7.26. The Balaban J connectivity index is 1.91. The second-order valence-corrected chi connectivity index (χ2v) is 6.63. The van der Waals surface area contributed by atoms with Crippen LogP contribution in [0.25, 0.3) is 11.0 Å². The Morgan fingerprint density at radius 1 is 1.36 bits per heavy atom. The van der Waals surface area contributed by atoms with Crippen molar-refractivity contribution in [3.05, 3.63) is 40.4 Å². The minimum Gasteiger partial charge on any atom is -0.478 e. The quantitative estimate of drug-likeness (QED) is 0.738. The van der Waals surface area contributed by atoms with Crippen LogP contribution in [0.15, 0.2) is 29.3 Å². The second-order valence-electron chi connectivity index (χ2n) is 6.63. The number of nitrogens with one attached hydrogen (secondary N) is 2. The fraction of sp³-hybridized carbons (Fsp3) is 0.412. The average Bonchev–Trinajstić information content (AvgIpc) is 2.99. The molecule has 132 valence electrons. The molecule has 3 aromatic heterocycles. The SMILES string of the molecule is CCOc1ncccc1CNc1nc2c(cnn2C(C)(C)C)c(=O)[nH]1. The molecular formula is C17H22N6O2. The Morgan fingerprint density at radius 2 is 2.16 bits per heavy atom. The summed E-state index contributed by atoms with van der Waals surface area (Å²) in [7, 11) is 0. The third kappa shape index (κ3) is 3.47. The summed E-state index contributed by atoms with van der Waals surface area (Å²) in [6.07, 6.45) is 3.23. The van der Waals surface area contributed by atoms with Crippen LogP contribution in [0.4, 0.5) is 5.95 Å². The molecule has 2 N–H and O–H groups in total. The van der Waals surface area contributed by atoms with Gasteiger partial charge in [0.2, 0.25) is 11.8 Å². The molecule has 0 aliphatic carbocycles. The highest BCUT2D eigenvalue weighted by atomic mass is 16.5. The van der Waals surface area contributed by atoms with Gasteiger partial charge < -0.3 is 10.1 Å². The summed E-state index contributed by atoms with van der Waals surface area (Å²) >= 11 is 0. The Kier molecular flexibility index (Phi) is 4.43. The number of H-pyrrole nitrogens is 1. The lowest BCUT2D eigenvalue weighted by Crippen LogP contribution is -2.24. The lowest BCUT2D eigenvalue weighted by Gasteiger charge is -2.19. The van der Waals surface area contributed by atoms with Crippen molar-refractivity contribution in [2.75, 3.05) is 11.9 Å². The van der Waals surface area contributed by atoms with Crippen LogP contribution in [0.3, 0.4) is 0 Å². The van der Waals surface area contributed by atoms with Gasteiger partial charge in [-0.05, 0) is 33.8 Å². The van der Waals surface area contributed by atoms with E-state index in [1.165, 1.54) is 0 Å². The molecule has 0 bridgehead atoms. The van der Waals surface area contributed by atoms with E-state index in [4.69, 9.17) is 4.74 Å². The maximum absolute atomic E-state index is 12.3. The normalized spacial score (nSPS) is 11.7. The molecule has 0 aliphatic rings. The van der Waals surface area contributed by atoms with Crippen LogP contribution in [-0.4, -0.2) is 31.3 Å². The molecular weight excluding hydrogens is 320 g/mol. The Hall–Kier alpha value is -2.90. The third-order valence-electron chi connectivity index (χ3n) is 3.65. The monoisotopic (exact) mass is 342 g/mol. The molecule has 0 amide bonds. The van der Waals surface area contributed by atoms with Gasteiger partial charge in [0, 0.05) is 18.3 Å². The van der Waals surface area contributed by atoms with Gasteiger partial charge in [-0.2, -0.15) is 10.1 Å².